The van der Waals surface area contributed by atoms with Crippen LogP contribution >= 0.6 is 0 Å². The van der Waals surface area contributed by atoms with Crippen molar-refractivity contribution in [1.82, 2.24) is 9.97 Å². The minimum absolute atomic E-state index is 0.0942. The molecule has 0 radical (unpaired) electrons. The summed E-state index contributed by atoms with van der Waals surface area (Å²) in [5.74, 6) is 0.212. The van der Waals surface area contributed by atoms with Crippen LogP contribution in [-0.4, -0.2) is 40.9 Å². The van der Waals surface area contributed by atoms with E-state index >= 15 is 0 Å². The van der Waals surface area contributed by atoms with Crippen LogP contribution in [0.15, 0.2) is 127 Å². The average molecular weight is 676 g/mol. The molecule has 2 N–H and O–H groups in total. The number of carbonyl (C=O) groups excluding carboxylic acids is 2. The summed E-state index contributed by atoms with van der Waals surface area (Å²) in [4.78, 5) is 48.8. The third-order valence-electron chi connectivity index (χ3n) is 8.35. The molecule has 0 saturated carbocycles. The van der Waals surface area contributed by atoms with Crippen molar-refractivity contribution in [2.24, 2.45) is 0 Å². The molecule has 0 aliphatic carbocycles. The monoisotopic (exact) mass is 675 g/mol. The number of methoxy groups -OCH3 is 2. The minimum atomic E-state index is -0.593. The molecule has 7 rings (SSSR count). The molecule has 0 bridgehead atoms. The summed E-state index contributed by atoms with van der Waals surface area (Å²) in [6.45, 7) is 0. The Balaban J connectivity index is 1.23. The Morgan fingerprint density at radius 3 is 1.63 bits per heavy atom. The number of nitrogens with one attached hydrogen (secondary N) is 2. The molecule has 7 aromatic rings. The fourth-order valence-corrected chi connectivity index (χ4v) is 5.85. The Kier molecular flexibility index (Phi) is 8.75. The van der Waals surface area contributed by atoms with E-state index in [1.165, 1.54) is 18.2 Å². The maximum atomic E-state index is 13.9. The van der Waals surface area contributed by atoms with Gasteiger partial charge in [-0.15, -0.1) is 0 Å². The van der Waals surface area contributed by atoms with Gasteiger partial charge in [0.25, 0.3) is 17.5 Å². The number of ether oxygens (including phenoxy) is 2. The highest BCUT2D eigenvalue weighted by atomic mass is 16.6. The van der Waals surface area contributed by atoms with Gasteiger partial charge in [0.2, 0.25) is 0 Å². The number of aromatic nitrogens is 2. The molecule has 0 unspecified atom stereocenters. The molecule has 2 aromatic heterocycles. The highest BCUT2D eigenvalue weighted by molar-refractivity contribution is 6.15. The number of anilines is 2. The number of pyridine rings is 2. The quantitative estimate of drug-likeness (QED) is 0.114. The third kappa shape index (κ3) is 6.63. The second-order valence-electron chi connectivity index (χ2n) is 11.5. The van der Waals surface area contributed by atoms with Gasteiger partial charge in [-0.1, -0.05) is 60.7 Å². The molecule has 0 aliphatic rings. The van der Waals surface area contributed by atoms with E-state index in [4.69, 9.17) is 19.4 Å². The zero-order valence-corrected chi connectivity index (χ0v) is 27.4. The molecule has 11 nitrogen and oxygen atoms in total. The molecule has 0 fully saturated rings. The highest BCUT2D eigenvalue weighted by Gasteiger charge is 2.22. The lowest BCUT2D eigenvalue weighted by Gasteiger charge is -2.13. The van der Waals surface area contributed by atoms with Gasteiger partial charge in [0, 0.05) is 33.7 Å². The van der Waals surface area contributed by atoms with Crippen LogP contribution in [-0.2, 0) is 0 Å². The maximum absolute atomic E-state index is 13.9. The van der Waals surface area contributed by atoms with E-state index in [-0.39, 0.29) is 22.6 Å². The zero-order valence-electron chi connectivity index (χ0n) is 27.4. The Hall–Kier alpha value is -7.14. The first kappa shape index (κ1) is 32.4. The molecule has 0 spiro atoms. The fraction of sp³-hybridized carbons (Fsp3) is 0.0500. The fourth-order valence-electron chi connectivity index (χ4n) is 5.85. The Labute approximate surface area is 291 Å². The Bertz CT molecular complexity index is 2500. The SMILES string of the molecule is COc1cccc(-c2cc(C(=O)Nc3ccc([N+](=O)[O-])c(NC(=O)c4cc(-c5cccc(OC)c5)nc5ccccc45)c3)c3ccccc3n2)c1. The van der Waals surface area contributed by atoms with Crippen LogP contribution in [0.1, 0.15) is 20.7 Å². The first-order valence-corrected chi connectivity index (χ1v) is 15.8. The normalized spacial score (nSPS) is 10.9. The van der Waals surface area contributed by atoms with E-state index in [0.717, 1.165) is 11.1 Å². The molecular weight excluding hydrogens is 646 g/mol. The molecule has 2 amide bonds. The first-order chi connectivity index (χ1) is 24.8. The second-order valence-corrected chi connectivity index (χ2v) is 11.5. The largest absolute Gasteiger partial charge is 0.497 e. The van der Waals surface area contributed by atoms with Gasteiger partial charge in [-0.05, 0) is 60.7 Å². The van der Waals surface area contributed by atoms with Gasteiger partial charge in [0.15, 0.2) is 0 Å². The smallest absolute Gasteiger partial charge is 0.292 e. The van der Waals surface area contributed by atoms with Crippen molar-refractivity contribution in [1.29, 1.82) is 0 Å². The lowest BCUT2D eigenvalue weighted by molar-refractivity contribution is -0.383. The number of fused-ring (bicyclic) bond motifs is 2. The minimum Gasteiger partial charge on any atom is -0.497 e. The van der Waals surface area contributed by atoms with Crippen molar-refractivity contribution in [3.63, 3.8) is 0 Å². The number of benzene rings is 5. The standard InChI is InChI=1S/C40H29N5O6/c1-50-27-11-7-9-24(19-27)35-22-31(29-13-3-5-15-33(29)42-35)39(46)41-26-17-18-38(45(48)49)37(21-26)44-40(47)32-23-36(25-10-8-12-28(20-25)51-2)43-34-16-6-4-14-30(32)34/h3-23H,1-2H3,(H,41,46)(H,44,47). The van der Waals surface area contributed by atoms with Gasteiger partial charge in [0.05, 0.1) is 52.7 Å². The summed E-state index contributed by atoms with van der Waals surface area (Å²) in [6, 6.07) is 36.4. The Morgan fingerprint density at radius 2 is 1.12 bits per heavy atom. The summed E-state index contributed by atoms with van der Waals surface area (Å²) in [7, 11) is 3.14. The number of amides is 2. The van der Waals surface area contributed by atoms with E-state index in [1.54, 1.807) is 62.8 Å². The number of para-hydroxylation sites is 2. The first-order valence-electron chi connectivity index (χ1n) is 15.8. The average Bonchev–Trinajstić information content (AvgIpc) is 3.16. The van der Waals surface area contributed by atoms with E-state index < -0.39 is 16.7 Å². The molecule has 0 aliphatic heterocycles. The van der Waals surface area contributed by atoms with Crippen LogP contribution < -0.4 is 20.1 Å². The number of carbonyl (C=O) groups is 2. The number of hydrogen-bond donors (Lipinski definition) is 2. The van der Waals surface area contributed by atoms with Crippen molar-refractivity contribution in [2.45, 2.75) is 0 Å². The predicted octanol–water partition coefficient (Wildman–Crippen LogP) is 8.55. The summed E-state index contributed by atoms with van der Waals surface area (Å²) >= 11 is 0. The highest BCUT2D eigenvalue weighted by Crippen LogP contribution is 2.33. The van der Waals surface area contributed by atoms with Crippen LogP contribution in [0.2, 0.25) is 0 Å². The summed E-state index contributed by atoms with van der Waals surface area (Å²) in [5, 5.41) is 18.9. The molecule has 0 saturated heterocycles. The van der Waals surface area contributed by atoms with Crippen LogP contribution in [0, 0.1) is 10.1 Å². The van der Waals surface area contributed by atoms with Crippen LogP contribution in [0.3, 0.4) is 0 Å². The molecular formula is C40H29N5O6. The third-order valence-corrected chi connectivity index (χ3v) is 8.35. The van der Waals surface area contributed by atoms with E-state index in [2.05, 4.69) is 10.6 Å². The molecule has 2 heterocycles. The van der Waals surface area contributed by atoms with Crippen molar-refractivity contribution < 1.29 is 24.0 Å². The van der Waals surface area contributed by atoms with Crippen molar-refractivity contribution in [3.05, 3.63) is 149 Å². The van der Waals surface area contributed by atoms with Gasteiger partial charge in [-0.3, -0.25) is 19.7 Å². The number of rotatable bonds is 9. The Morgan fingerprint density at radius 1 is 0.608 bits per heavy atom. The molecule has 250 valence electrons. The lowest BCUT2D eigenvalue weighted by Crippen LogP contribution is -2.16. The second kappa shape index (κ2) is 13.8. The summed E-state index contributed by atoms with van der Waals surface area (Å²) in [5.41, 5.74) is 4.14. The number of nitro benzene ring substituents is 1. The van der Waals surface area contributed by atoms with Crippen LogP contribution in [0.5, 0.6) is 11.5 Å². The predicted molar refractivity (Wildman–Crippen MR) is 196 cm³/mol. The summed E-state index contributed by atoms with van der Waals surface area (Å²) < 4.78 is 10.7. The molecule has 5 aromatic carbocycles. The van der Waals surface area contributed by atoms with Gasteiger partial charge < -0.3 is 20.1 Å². The van der Waals surface area contributed by atoms with E-state index in [1.807, 2.05) is 60.7 Å². The van der Waals surface area contributed by atoms with Gasteiger partial charge in [0.1, 0.15) is 17.2 Å². The van der Waals surface area contributed by atoms with E-state index in [9.17, 15) is 19.7 Å². The van der Waals surface area contributed by atoms with Gasteiger partial charge >= 0.3 is 0 Å². The maximum Gasteiger partial charge on any atom is 0.292 e. The lowest BCUT2D eigenvalue weighted by atomic mass is 10.0. The summed E-state index contributed by atoms with van der Waals surface area (Å²) in [6.07, 6.45) is 0. The topological polar surface area (TPSA) is 146 Å². The molecule has 51 heavy (non-hydrogen) atoms. The van der Waals surface area contributed by atoms with Crippen molar-refractivity contribution in [3.8, 4) is 34.0 Å². The van der Waals surface area contributed by atoms with Crippen molar-refractivity contribution >= 4 is 50.7 Å². The number of nitro groups is 1. The van der Waals surface area contributed by atoms with Crippen molar-refractivity contribution in [2.75, 3.05) is 24.9 Å². The number of nitrogens with zero attached hydrogens (tertiary/aromatic N) is 3. The van der Waals surface area contributed by atoms with Crippen LogP contribution in [0.4, 0.5) is 17.1 Å². The van der Waals surface area contributed by atoms with Gasteiger partial charge in [-0.25, -0.2) is 9.97 Å². The number of hydrogen-bond acceptors (Lipinski definition) is 8. The van der Waals surface area contributed by atoms with Gasteiger partial charge in [-0.2, -0.15) is 0 Å². The zero-order chi connectivity index (χ0) is 35.5. The van der Waals surface area contributed by atoms with E-state index in [0.29, 0.717) is 50.3 Å². The molecule has 0 atom stereocenters. The van der Waals surface area contributed by atoms with Crippen LogP contribution in [0.25, 0.3) is 44.3 Å². The molecule has 11 heteroatoms.